The fourth-order valence-electron chi connectivity index (χ4n) is 3.19. The minimum atomic E-state index is 0.108. The summed E-state index contributed by atoms with van der Waals surface area (Å²) in [5.41, 5.74) is 3.33. The third kappa shape index (κ3) is 3.06. The zero-order chi connectivity index (χ0) is 15.5. The fourth-order valence-corrected chi connectivity index (χ4v) is 3.19. The second-order valence-electron chi connectivity index (χ2n) is 6.09. The zero-order valence-electron chi connectivity index (χ0n) is 13.3. The second-order valence-corrected chi connectivity index (χ2v) is 6.09. The SMILES string of the molecule is CCn1cc(C(=O)N2CCC[C@H](c3cccc(C)c3)C2)cn1. The van der Waals surface area contributed by atoms with E-state index in [2.05, 4.69) is 36.3 Å². The first-order chi connectivity index (χ1) is 10.7. The molecule has 0 spiro atoms. The van der Waals surface area contributed by atoms with E-state index in [0.29, 0.717) is 11.5 Å². The molecule has 1 fully saturated rings. The normalized spacial score (nSPS) is 18.5. The molecule has 0 bridgehead atoms. The number of amides is 1. The van der Waals surface area contributed by atoms with Crippen molar-refractivity contribution in [1.82, 2.24) is 14.7 Å². The van der Waals surface area contributed by atoms with E-state index in [4.69, 9.17) is 0 Å². The lowest BCUT2D eigenvalue weighted by Gasteiger charge is -2.33. The van der Waals surface area contributed by atoms with Crippen LogP contribution in [0.25, 0.3) is 0 Å². The van der Waals surface area contributed by atoms with Crippen LogP contribution < -0.4 is 0 Å². The molecule has 0 aliphatic carbocycles. The monoisotopic (exact) mass is 297 g/mol. The van der Waals surface area contributed by atoms with Crippen LogP contribution in [-0.4, -0.2) is 33.7 Å². The highest BCUT2D eigenvalue weighted by atomic mass is 16.2. The Bertz CT molecular complexity index is 662. The molecule has 116 valence electrons. The molecule has 1 saturated heterocycles. The minimum Gasteiger partial charge on any atom is -0.338 e. The first kappa shape index (κ1) is 14.8. The highest BCUT2D eigenvalue weighted by Gasteiger charge is 2.26. The number of likely N-dealkylation sites (tertiary alicyclic amines) is 1. The Kier molecular flexibility index (Phi) is 4.27. The molecule has 1 aliphatic heterocycles. The maximum atomic E-state index is 12.6. The highest BCUT2D eigenvalue weighted by molar-refractivity contribution is 5.93. The zero-order valence-corrected chi connectivity index (χ0v) is 13.3. The van der Waals surface area contributed by atoms with Gasteiger partial charge in [0.2, 0.25) is 0 Å². The first-order valence-corrected chi connectivity index (χ1v) is 8.05. The van der Waals surface area contributed by atoms with Crippen molar-refractivity contribution >= 4 is 5.91 Å². The van der Waals surface area contributed by atoms with Gasteiger partial charge in [0.05, 0.1) is 11.8 Å². The Morgan fingerprint density at radius 2 is 2.27 bits per heavy atom. The number of carbonyl (C=O) groups excluding carboxylic acids is 1. The minimum absolute atomic E-state index is 0.108. The molecule has 4 heteroatoms. The summed E-state index contributed by atoms with van der Waals surface area (Å²) >= 11 is 0. The summed E-state index contributed by atoms with van der Waals surface area (Å²) in [6.45, 7) is 6.58. The number of aromatic nitrogens is 2. The number of hydrogen-bond donors (Lipinski definition) is 0. The van der Waals surface area contributed by atoms with Gasteiger partial charge in [0.1, 0.15) is 0 Å². The molecule has 22 heavy (non-hydrogen) atoms. The molecule has 0 N–H and O–H groups in total. The van der Waals surface area contributed by atoms with Crippen LogP contribution in [0.1, 0.15) is 47.2 Å². The van der Waals surface area contributed by atoms with Crippen molar-refractivity contribution in [2.45, 2.75) is 39.2 Å². The maximum Gasteiger partial charge on any atom is 0.257 e. The van der Waals surface area contributed by atoms with Crippen LogP contribution in [0, 0.1) is 6.92 Å². The van der Waals surface area contributed by atoms with Crippen molar-refractivity contribution in [3.05, 3.63) is 53.3 Å². The van der Waals surface area contributed by atoms with Gasteiger partial charge in [-0.25, -0.2) is 0 Å². The average molecular weight is 297 g/mol. The maximum absolute atomic E-state index is 12.6. The van der Waals surface area contributed by atoms with Gasteiger partial charge in [0.25, 0.3) is 5.91 Å². The van der Waals surface area contributed by atoms with Gasteiger partial charge in [-0.1, -0.05) is 29.8 Å². The summed E-state index contributed by atoms with van der Waals surface area (Å²) in [4.78, 5) is 14.6. The van der Waals surface area contributed by atoms with Crippen molar-refractivity contribution in [3.63, 3.8) is 0 Å². The molecule has 0 radical (unpaired) electrons. The van der Waals surface area contributed by atoms with Crippen molar-refractivity contribution in [1.29, 1.82) is 0 Å². The topological polar surface area (TPSA) is 38.1 Å². The van der Waals surface area contributed by atoms with Gasteiger partial charge in [-0.2, -0.15) is 5.10 Å². The van der Waals surface area contributed by atoms with Crippen LogP contribution in [-0.2, 0) is 6.54 Å². The standard InChI is InChI=1S/C18H23N3O/c1-3-21-13-17(11-19-21)18(22)20-9-5-8-16(12-20)15-7-4-6-14(2)10-15/h4,6-7,10-11,13,16H,3,5,8-9,12H2,1-2H3/t16-/m0/s1. The smallest absolute Gasteiger partial charge is 0.257 e. The van der Waals surface area contributed by atoms with Gasteiger partial charge in [0.15, 0.2) is 0 Å². The van der Waals surface area contributed by atoms with E-state index in [1.54, 1.807) is 10.9 Å². The second kappa shape index (κ2) is 6.34. The van der Waals surface area contributed by atoms with Gasteiger partial charge in [-0.05, 0) is 32.3 Å². The number of benzene rings is 1. The van der Waals surface area contributed by atoms with Crippen molar-refractivity contribution in [2.24, 2.45) is 0 Å². The molecule has 1 atom stereocenters. The molecule has 1 amide bonds. The number of carbonyl (C=O) groups is 1. The van der Waals surface area contributed by atoms with E-state index in [1.807, 2.05) is 18.0 Å². The van der Waals surface area contributed by atoms with E-state index in [1.165, 1.54) is 11.1 Å². The summed E-state index contributed by atoms with van der Waals surface area (Å²) in [5, 5.41) is 4.21. The summed E-state index contributed by atoms with van der Waals surface area (Å²) in [7, 11) is 0. The predicted molar refractivity (Wildman–Crippen MR) is 87.0 cm³/mol. The molecular weight excluding hydrogens is 274 g/mol. The van der Waals surface area contributed by atoms with Crippen molar-refractivity contribution in [3.8, 4) is 0 Å². The summed E-state index contributed by atoms with van der Waals surface area (Å²) in [6.07, 6.45) is 5.74. The summed E-state index contributed by atoms with van der Waals surface area (Å²) < 4.78 is 1.80. The van der Waals surface area contributed by atoms with Crippen LogP contribution >= 0.6 is 0 Å². The summed E-state index contributed by atoms with van der Waals surface area (Å²) in [5.74, 6) is 0.552. The van der Waals surface area contributed by atoms with E-state index in [9.17, 15) is 4.79 Å². The Morgan fingerprint density at radius 3 is 3.00 bits per heavy atom. The van der Waals surface area contributed by atoms with Crippen LogP contribution in [0.3, 0.4) is 0 Å². The molecule has 1 aromatic carbocycles. The third-order valence-corrected chi connectivity index (χ3v) is 4.43. The molecule has 0 unspecified atom stereocenters. The van der Waals surface area contributed by atoms with Gasteiger partial charge in [0, 0.05) is 31.7 Å². The van der Waals surface area contributed by atoms with E-state index >= 15 is 0 Å². The fraction of sp³-hybridized carbons (Fsp3) is 0.444. The lowest BCUT2D eigenvalue weighted by atomic mass is 9.89. The lowest BCUT2D eigenvalue weighted by molar-refractivity contribution is 0.0707. The van der Waals surface area contributed by atoms with E-state index in [0.717, 1.165) is 32.5 Å². The van der Waals surface area contributed by atoms with Crippen LogP contribution in [0.15, 0.2) is 36.7 Å². The molecule has 4 nitrogen and oxygen atoms in total. The summed E-state index contributed by atoms with van der Waals surface area (Å²) in [6, 6.07) is 8.65. The van der Waals surface area contributed by atoms with Gasteiger partial charge in [-0.3, -0.25) is 9.48 Å². The number of aryl methyl sites for hydroxylation is 2. The Labute approximate surface area is 131 Å². The molecule has 1 aromatic heterocycles. The van der Waals surface area contributed by atoms with Crippen LogP contribution in [0.5, 0.6) is 0 Å². The predicted octanol–water partition coefficient (Wildman–Crippen LogP) is 3.23. The largest absolute Gasteiger partial charge is 0.338 e. The van der Waals surface area contributed by atoms with Gasteiger partial charge in [-0.15, -0.1) is 0 Å². The average Bonchev–Trinajstić information content (AvgIpc) is 3.03. The highest BCUT2D eigenvalue weighted by Crippen LogP contribution is 2.28. The van der Waals surface area contributed by atoms with Crippen LogP contribution in [0.2, 0.25) is 0 Å². The van der Waals surface area contributed by atoms with Gasteiger partial charge < -0.3 is 4.90 Å². The number of rotatable bonds is 3. The molecule has 2 aromatic rings. The van der Waals surface area contributed by atoms with Crippen molar-refractivity contribution < 1.29 is 4.79 Å². The van der Waals surface area contributed by atoms with E-state index in [-0.39, 0.29) is 5.91 Å². The number of nitrogens with zero attached hydrogens (tertiary/aromatic N) is 3. The van der Waals surface area contributed by atoms with Crippen LogP contribution in [0.4, 0.5) is 0 Å². The Balaban J connectivity index is 1.73. The molecular formula is C18H23N3O. The number of piperidine rings is 1. The third-order valence-electron chi connectivity index (χ3n) is 4.43. The van der Waals surface area contributed by atoms with Crippen molar-refractivity contribution in [2.75, 3.05) is 13.1 Å². The Hall–Kier alpha value is -2.10. The number of hydrogen-bond acceptors (Lipinski definition) is 2. The van der Waals surface area contributed by atoms with E-state index < -0.39 is 0 Å². The molecule has 0 saturated carbocycles. The first-order valence-electron chi connectivity index (χ1n) is 8.05. The quantitative estimate of drug-likeness (QED) is 0.872. The molecule has 1 aliphatic rings. The lowest BCUT2D eigenvalue weighted by Crippen LogP contribution is -2.39. The molecule has 2 heterocycles. The van der Waals surface area contributed by atoms with Gasteiger partial charge >= 0.3 is 0 Å². The Morgan fingerprint density at radius 1 is 1.41 bits per heavy atom. The molecule has 3 rings (SSSR count).